The van der Waals surface area contributed by atoms with E-state index in [0.717, 1.165) is 66.5 Å². The summed E-state index contributed by atoms with van der Waals surface area (Å²) < 4.78 is 0. The van der Waals surface area contributed by atoms with Gasteiger partial charge in [-0.15, -0.1) is 0 Å². The number of hydrogen-bond acceptors (Lipinski definition) is 3. The van der Waals surface area contributed by atoms with E-state index in [4.69, 9.17) is 4.98 Å². The van der Waals surface area contributed by atoms with Crippen LogP contribution in [-0.4, -0.2) is 38.8 Å². The molecular weight excluding hydrogens is 424 g/mol. The summed E-state index contributed by atoms with van der Waals surface area (Å²) in [5.74, 6) is 0.787. The predicted octanol–water partition coefficient (Wildman–Crippen LogP) is 5.37. The maximum Gasteiger partial charge on any atom is 0.246 e. The number of para-hydroxylation sites is 1. The lowest BCUT2D eigenvalue weighted by molar-refractivity contribution is -0.141. The van der Waals surface area contributed by atoms with Gasteiger partial charge in [-0.25, -0.2) is 4.98 Å². The molecule has 34 heavy (non-hydrogen) atoms. The van der Waals surface area contributed by atoms with E-state index in [1.54, 1.807) is 0 Å². The van der Waals surface area contributed by atoms with E-state index in [-0.39, 0.29) is 29.8 Å². The van der Waals surface area contributed by atoms with Gasteiger partial charge in [0.05, 0.1) is 17.1 Å². The number of hydrogen-bond donors (Lipinski definition) is 2. The van der Waals surface area contributed by atoms with Crippen molar-refractivity contribution >= 4 is 22.8 Å². The van der Waals surface area contributed by atoms with Crippen molar-refractivity contribution in [2.45, 2.75) is 76.9 Å². The van der Waals surface area contributed by atoms with Gasteiger partial charge in [-0.05, 0) is 43.7 Å². The highest BCUT2D eigenvalue weighted by molar-refractivity contribution is 5.92. The molecule has 3 heterocycles. The molecule has 2 aliphatic rings. The maximum atomic E-state index is 13.8. The third kappa shape index (κ3) is 4.22. The molecule has 0 radical (unpaired) electrons. The van der Waals surface area contributed by atoms with Crippen LogP contribution in [0.3, 0.4) is 0 Å². The monoisotopic (exact) mass is 458 g/mol. The molecule has 0 saturated carbocycles. The zero-order valence-corrected chi connectivity index (χ0v) is 20.1. The van der Waals surface area contributed by atoms with Crippen LogP contribution in [0.5, 0.6) is 0 Å². The lowest BCUT2D eigenvalue weighted by Gasteiger charge is -2.35. The summed E-state index contributed by atoms with van der Waals surface area (Å²) in [5.41, 5.74) is 4.18. The van der Waals surface area contributed by atoms with Crippen LogP contribution in [0.2, 0.25) is 0 Å². The summed E-state index contributed by atoms with van der Waals surface area (Å²) in [6.45, 7) is 3.92. The minimum absolute atomic E-state index is 0.0232. The zero-order valence-electron chi connectivity index (χ0n) is 20.1. The van der Waals surface area contributed by atoms with E-state index in [1.807, 2.05) is 49.1 Å². The number of amides is 2. The Morgan fingerprint density at radius 3 is 2.68 bits per heavy atom. The Bertz CT molecular complexity index is 1170. The lowest BCUT2D eigenvalue weighted by Crippen LogP contribution is -2.52. The van der Waals surface area contributed by atoms with Crippen LogP contribution in [0, 0.1) is 5.92 Å². The van der Waals surface area contributed by atoms with Crippen molar-refractivity contribution in [3.63, 3.8) is 0 Å². The number of nitrogens with zero attached hydrogens (tertiary/aromatic N) is 2. The Balaban J connectivity index is 1.47. The van der Waals surface area contributed by atoms with Crippen molar-refractivity contribution in [3.8, 4) is 11.1 Å². The van der Waals surface area contributed by atoms with Gasteiger partial charge in [-0.1, -0.05) is 69.2 Å². The van der Waals surface area contributed by atoms with Crippen LogP contribution in [0.4, 0.5) is 0 Å². The normalized spacial score (nSPS) is 23.9. The second kappa shape index (κ2) is 9.61. The lowest BCUT2D eigenvalue weighted by atomic mass is 9.98. The van der Waals surface area contributed by atoms with Crippen LogP contribution < -0.4 is 5.32 Å². The van der Waals surface area contributed by atoms with Gasteiger partial charge in [0, 0.05) is 17.5 Å². The van der Waals surface area contributed by atoms with Gasteiger partial charge < -0.3 is 15.2 Å². The number of benzene rings is 2. The van der Waals surface area contributed by atoms with Crippen molar-refractivity contribution in [2.75, 3.05) is 0 Å². The molecule has 0 unspecified atom stereocenters. The van der Waals surface area contributed by atoms with Gasteiger partial charge in [0.25, 0.3) is 0 Å². The summed E-state index contributed by atoms with van der Waals surface area (Å²) in [5, 5.41) is 3.07. The summed E-state index contributed by atoms with van der Waals surface area (Å²) in [4.78, 5) is 37.0. The predicted molar refractivity (Wildman–Crippen MR) is 134 cm³/mol. The molecule has 1 aromatic heterocycles. The largest absolute Gasteiger partial charge is 0.344 e. The van der Waals surface area contributed by atoms with Crippen molar-refractivity contribution < 1.29 is 9.59 Å². The SMILES string of the molecule is CC[C@@H](C)C(=O)N[C@H]1CCCC[C@H]2CC[C@@H](c3nc4cccc(-c5ccccc5)c4[nH]3)N2C1=O. The highest BCUT2D eigenvalue weighted by Crippen LogP contribution is 2.40. The number of rotatable bonds is 5. The van der Waals surface area contributed by atoms with E-state index in [9.17, 15) is 9.59 Å². The van der Waals surface area contributed by atoms with E-state index in [2.05, 4.69) is 28.5 Å². The fourth-order valence-corrected chi connectivity index (χ4v) is 5.50. The van der Waals surface area contributed by atoms with Gasteiger partial charge in [0.1, 0.15) is 11.9 Å². The second-order valence-electron chi connectivity index (χ2n) is 9.84. The minimum atomic E-state index is -0.450. The first-order chi connectivity index (χ1) is 16.6. The molecule has 2 N–H and O–H groups in total. The molecule has 2 saturated heterocycles. The third-order valence-corrected chi connectivity index (χ3v) is 7.65. The molecular formula is C28H34N4O2. The fraction of sp³-hybridized carbons (Fsp3) is 0.464. The zero-order chi connectivity index (χ0) is 23.7. The van der Waals surface area contributed by atoms with Gasteiger partial charge in [-0.2, -0.15) is 0 Å². The standard InChI is InChI=1S/C28H34N4O2/c1-3-18(2)27(33)30-23-14-8-7-12-20-16-17-24(32(20)28(23)34)26-29-22-15-9-13-21(25(22)31-26)19-10-5-4-6-11-19/h4-6,9-11,13,15,18,20,23-24H,3,7-8,12,14,16-17H2,1-2H3,(H,29,31)(H,30,33)/t18-,20+,23+,24+/m1/s1. The van der Waals surface area contributed by atoms with Crippen LogP contribution in [0.1, 0.15) is 70.7 Å². The topological polar surface area (TPSA) is 78.1 Å². The molecule has 3 aromatic rings. The van der Waals surface area contributed by atoms with Crippen LogP contribution in [0.15, 0.2) is 48.5 Å². The molecule has 0 spiro atoms. The molecule has 2 amide bonds. The fourth-order valence-electron chi connectivity index (χ4n) is 5.50. The molecule has 5 rings (SSSR count). The Labute approximate surface area is 201 Å². The highest BCUT2D eigenvalue weighted by Gasteiger charge is 2.42. The molecule has 6 heteroatoms. The molecule has 178 valence electrons. The number of carbonyl (C=O) groups excluding carboxylic acids is 2. The number of imidazole rings is 1. The summed E-state index contributed by atoms with van der Waals surface area (Å²) in [6.07, 6.45) is 6.41. The summed E-state index contributed by atoms with van der Waals surface area (Å²) in [6, 6.07) is 16.2. The van der Waals surface area contributed by atoms with E-state index in [0.29, 0.717) is 6.42 Å². The van der Waals surface area contributed by atoms with Gasteiger partial charge in [0.2, 0.25) is 11.8 Å². The van der Waals surface area contributed by atoms with Crippen LogP contribution in [0.25, 0.3) is 22.2 Å². The highest BCUT2D eigenvalue weighted by atomic mass is 16.2. The van der Waals surface area contributed by atoms with Crippen molar-refractivity contribution in [1.29, 1.82) is 0 Å². The van der Waals surface area contributed by atoms with Gasteiger partial charge in [-0.3, -0.25) is 9.59 Å². The van der Waals surface area contributed by atoms with Gasteiger partial charge >= 0.3 is 0 Å². The Morgan fingerprint density at radius 1 is 1.09 bits per heavy atom. The molecule has 2 aliphatic heterocycles. The van der Waals surface area contributed by atoms with E-state index >= 15 is 0 Å². The number of carbonyl (C=O) groups is 2. The first kappa shape index (κ1) is 22.6. The average Bonchev–Trinajstić information content (AvgIpc) is 3.48. The minimum Gasteiger partial charge on any atom is -0.344 e. The van der Waals surface area contributed by atoms with Crippen molar-refractivity contribution in [3.05, 3.63) is 54.4 Å². The number of aromatic amines is 1. The summed E-state index contributed by atoms with van der Waals surface area (Å²) in [7, 11) is 0. The smallest absolute Gasteiger partial charge is 0.246 e. The third-order valence-electron chi connectivity index (χ3n) is 7.65. The number of nitrogens with one attached hydrogen (secondary N) is 2. The molecule has 4 atom stereocenters. The molecule has 6 nitrogen and oxygen atoms in total. The summed E-state index contributed by atoms with van der Waals surface area (Å²) >= 11 is 0. The number of H-pyrrole nitrogens is 1. The number of fused-ring (bicyclic) bond motifs is 2. The first-order valence-electron chi connectivity index (χ1n) is 12.7. The number of aromatic nitrogens is 2. The quantitative estimate of drug-likeness (QED) is 0.540. The molecule has 2 fully saturated rings. The molecule has 2 aromatic carbocycles. The van der Waals surface area contributed by atoms with E-state index in [1.165, 1.54) is 0 Å². The first-order valence-corrected chi connectivity index (χ1v) is 12.7. The van der Waals surface area contributed by atoms with Crippen molar-refractivity contribution in [2.24, 2.45) is 5.92 Å². The maximum absolute atomic E-state index is 13.8. The van der Waals surface area contributed by atoms with Gasteiger partial charge in [0.15, 0.2) is 0 Å². The second-order valence-corrected chi connectivity index (χ2v) is 9.84. The molecule has 0 aliphatic carbocycles. The average molecular weight is 459 g/mol. The van der Waals surface area contributed by atoms with E-state index < -0.39 is 6.04 Å². The Kier molecular flexibility index (Phi) is 6.40. The Morgan fingerprint density at radius 2 is 1.88 bits per heavy atom. The van der Waals surface area contributed by atoms with Crippen LogP contribution in [-0.2, 0) is 9.59 Å². The van der Waals surface area contributed by atoms with Crippen LogP contribution >= 0.6 is 0 Å². The molecule has 0 bridgehead atoms. The Hall–Kier alpha value is -3.15. The van der Waals surface area contributed by atoms with Crippen molar-refractivity contribution in [1.82, 2.24) is 20.2 Å².